The molecule has 0 heterocycles. The van der Waals surface area contributed by atoms with Gasteiger partial charge in [0.15, 0.2) is 0 Å². The predicted octanol–water partition coefficient (Wildman–Crippen LogP) is 2.18. The molecule has 0 aliphatic carbocycles. The number of carboxylic acid groups (broad SMARTS) is 1. The molecule has 0 aliphatic heterocycles. The van der Waals surface area contributed by atoms with Crippen LogP contribution in [0.1, 0.15) is 5.56 Å². The molecule has 0 aliphatic rings. The monoisotopic (exact) mass is 350 g/mol. The Morgan fingerprint density at radius 1 is 1.21 bits per heavy atom. The van der Waals surface area contributed by atoms with Gasteiger partial charge < -0.3 is 5.11 Å². The Labute approximate surface area is 138 Å². The molecule has 0 atom stereocenters. The first-order valence-corrected chi connectivity index (χ1v) is 8.21. The van der Waals surface area contributed by atoms with Crippen molar-refractivity contribution >= 4 is 27.4 Å². The molecule has 0 spiro atoms. The number of anilines is 1. The van der Waals surface area contributed by atoms with Crippen LogP contribution in [0.3, 0.4) is 0 Å². The van der Waals surface area contributed by atoms with E-state index in [4.69, 9.17) is 5.11 Å². The average Bonchev–Trinajstić information content (AvgIpc) is 2.53. The summed E-state index contributed by atoms with van der Waals surface area (Å²) in [6.45, 7) is 0.934. The molecule has 1 N–H and O–H groups in total. The van der Waals surface area contributed by atoms with E-state index < -0.39 is 27.5 Å². The number of hydrogen-bond acceptors (Lipinski definition) is 5. The van der Waals surface area contributed by atoms with Gasteiger partial charge >= 0.3 is 5.97 Å². The third-order valence-corrected chi connectivity index (χ3v) is 5.00. The van der Waals surface area contributed by atoms with Crippen molar-refractivity contribution in [2.24, 2.45) is 0 Å². The summed E-state index contributed by atoms with van der Waals surface area (Å²) in [4.78, 5) is 21.2. The van der Waals surface area contributed by atoms with Crippen molar-refractivity contribution in [2.75, 3.05) is 10.8 Å². The first kappa shape index (κ1) is 17.4. The van der Waals surface area contributed by atoms with Crippen LogP contribution in [0.5, 0.6) is 0 Å². The fourth-order valence-corrected chi connectivity index (χ4v) is 3.44. The molecule has 9 heteroatoms. The molecule has 0 fully saturated rings. The number of hydrogen-bond donors (Lipinski definition) is 1. The highest BCUT2D eigenvalue weighted by molar-refractivity contribution is 7.92. The Hall–Kier alpha value is -2.94. The fraction of sp³-hybridized carbons (Fsp3) is 0.133. The van der Waals surface area contributed by atoms with Crippen molar-refractivity contribution in [3.8, 4) is 0 Å². The van der Waals surface area contributed by atoms with Gasteiger partial charge in [-0.3, -0.25) is 19.2 Å². The smallest absolute Gasteiger partial charge is 0.324 e. The standard InChI is InChI=1S/C15H14N2O6S/c1-11-5-7-14(8-6-11)24(22,23)16(10-15(18)19)12-3-2-4-13(9-12)17(20)21/h2-9H,10H2,1H3,(H,18,19). The number of rotatable bonds is 6. The van der Waals surface area contributed by atoms with Crippen LogP contribution in [0.25, 0.3) is 0 Å². The summed E-state index contributed by atoms with van der Waals surface area (Å²) in [6.07, 6.45) is 0. The van der Waals surface area contributed by atoms with Crippen LogP contribution in [-0.4, -0.2) is 31.0 Å². The van der Waals surface area contributed by atoms with Crippen molar-refractivity contribution in [1.29, 1.82) is 0 Å². The van der Waals surface area contributed by atoms with E-state index in [1.807, 2.05) is 0 Å². The summed E-state index contributed by atoms with van der Waals surface area (Å²) >= 11 is 0. The van der Waals surface area contributed by atoms with Crippen molar-refractivity contribution in [2.45, 2.75) is 11.8 Å². The van der Waals surface area contributed by atoms with Gasteiger partial charge in [-0.05, 0) is 25.1 Å². The molecule has 2 aromatic carbocycles. The number of nitro benzene ring substituents is 1. The third kappa shape index (κ3) is 3.69. The third-order valence-electron chi connectivity index (χ3n) is 3.22. The van der Waals surface area contributed by atoms with Gasteiger partial charge in [-0.2, -0.15) is 0 Å². The Morgan fingerprint density at radius 3 is 2.38 bits per heavy atom. The van der Waals surface area contributed by atoms with E-state index in [2.05, 4.69) is 0 Å². The molecule has 0 unspecified atom stereocenters. The Morgan fingerprint density at radius 2 is 1.83 bits per heavy atom. The van der Waals surface area contributed by atoms with Crippen LogP contribution in [0.4, 0.5) is 11.4 Å². The minimum absolute atomic E-state index is 0.0906. The van der Waals surface area contributed by atoms with Crippen LogP contribution < -0.4 is 4.31 Å². The van der Waals surface area contributed by atoms with Crippen molar-refractivity contribution in [1.82, 2.24) is 0 Å². The largest absolute Gasteiger partial charge is 0.480 e. The van der Waals surface area contributed by atoms with E-state index in [1.54, 1.807) is 19.1 Å². The average molecular weight is 350 g/mol. The minimum atomic E-state index is -4.18. The number of carbonyl (C=O) groups is 1. The van der Waals surface area contributed by atoms with E-state index in [1.165, 1.54) is 30.3 Å². The molecule has 0 saturated carbocycles. The molecule has 0 amide bonds. The summed E-state index contributed by atoms with van der Waals surface area (Å²) in [5.41, 5.74) is 0.420. The highest BCUT2D eigenvalue weighted by atomic mass is 32.2. The van der Waals surface area contributed by atoms with E-state index in [9.17, 15) is 23.3 Å². The lowest BCUT2D eigenvalue weighted by Gasteiger charge is -2.22. The summed E-state index contributed by atoms with van der Waals surface area (Å²) in [6, 6.07) is 10.7. The highest BCUT2D eigenvalue weighted by Crippen LogP contribution is 2.27. The van der Waals surface area contributed by atoms with E-state index in [-0.39, 0.29) is 16.3 Å². The predicted molar refractivity (Wildman–Crippen MR) is 86.4 cm³/mol. The number of nitrogens with zero attached hydrogens (tertiary/aromatic N) is 2. The molecule has 126 valence electrons. The highest BCUT2D eigenvalue weighted by Gasteiger charge is 2.28. The van der Waals surface area contributed by atoms with Gasteiger partial charge in [0.05, 0.1) is 15.5 Å². The van der Waals surface area contributed by atoms with Gasteiger partial charge in [0.1, 0.15) is 6.54 Å². The molecule has 0 saturated heterocycles. The van der Waals surface area contributed by atoms with Gasteiger partial charge in [-0.15, -0.1) is 0 Å². The second-order valence-electron chi connectivity index (χ2n) is 5.00. The second-order valence-corrected chi connectivity index (χ2v) is 6.86. The van der Waals surface area contributed by atoms with Crippen LogP contribution in [-0.2, 0) is 14.8 Å². The molecular formula is C15H14N2O6S. The Bertz CT molecular complexity index is 877. The summed E-state index contributed by atoms with van der Waals surface area (Å²) in [7, 11) is -4.18. The first-order valence-electron chi connectivity index (χ1n) is 6.77. The zero-order valence-corrected chi connectivity index (χ0v) is 13.4. The quantitative estimate of drug-likeness (QED) is 0.630. The zero-order chi connectivity index (χ0) is 17.9. The number of non-ortho nitro benzene ring substituents is 1. The van der Waals surface area contributed by atoms with Gasteiger partial charge in [0.2, 0.25) is 0 Å². The zero-order valence-electron chi connectivity index (χ0n) is 12.6. The van der Waals surface area contributed by atoms with Crippen LogP contribution in [0.2, 0.25) is 0 Å². The summed E-state index contributed by atoms with van der Waals surface area (Å²) in [5.74, 6) is -1.38. The minimum Gasteiger partial charge on any atom is -0.480 e. The topological polar surface area (TPSA) is 118 Å². The molecule has 0 aromatic heterocycles. The molecule has 2 aromatic rings. The number of sulfonamides is 1. The Kier molecular flexibility index (Phi) is 4.84. The molecule has 0 bridgehead atoms. The molecule has 8 nitrogen and oxygen atoms in total. The summed E-state index contributed by atoms with van der Waals surface area (Å²) < 4.78 is 26.1. The van der Waals surface area contributed by atoms with Crippen LogP contribution in [0.15, 0.2) is 53.4 Å². The number of benzene rings is 2. The first-order chi connectivity index (χ1) is 11.2. The fourth-order valence-electron chi connectivity index (χ4n) is 2.04. The van der Waals surface area contributed by atoms with Crippen LogP contribution >= 0.6 is 0 Å². The van der Waals surface area contributed by atoms with Crippen molar-refractivity contribution in [3.05, 3.63) is 64.2 Å². The van der Waals surface area contributed by atoms with Crippen molar-refractivity contribution in [3.63, 3.8) is 0 Å². The lowest BCUT2D eigenvalue weighted by atomic mass is 10.2. The van der Waals surface area contributed by atoms with Gasteiger partial charge in [-0.25, -0.2) is 8.42 Å². The number of carboxylic acids is 1. The number of aryl methyl sites for hydroxylation is 1. The molecule has 2 rings (SSSR count). The number of aliphatic carboxylic acids is 1. The Balaban J connectivity index is 2.56. The lowest BCUT2D eigenvalue weighted by Crippen LogP contribution is -2.35. The van der Waals surface area contributed by atoms with E-state index in [0.29, 0.717) is 4.31 Å². The maximum atomic E-state index is 12.8. The molecule has 0 radical (unpaired) electrons. The van der Waals surface area contributed by atoms with Gasteiger partial charge in [0.25, 0.3) is 15.7 Å². The SMILES string of the molecule is Cc1ccc(S(=O)(=O)N(CC(=O)O)c2cccc([N+](=O)[O-])c2)cc1. The second kappa shape index (κ2) is 6.67. The van der Waals surface area contributed by atoms with E-state index >= 15 is 0 Å². The normalized spacial score (nSPS) is 11.0. The number of nitro groups is 1. The summed E-state index contributed by atoms with van der Waals surface area (Å²) in [5, 5.41) is 19.9. The molecule has 24 heavy (non-hydrogen) atoms. The maximum Gasteiger partial charge on any atom is 0.324 e. The van der Waals surface area contributed by atoms with Crippen LogP contribution in [0, 0.1) is 17.0 Å². The van der Waals surface area contributed by atoms with Gasteiger partial charge in [0, 0.05) is 12.1 Å². The molecular weight excluding hydrogens is 336 g/mol. The maximum absolute atomic E-state index is 12.8. The van der Waals surface area contributed by atoms with Crippen molar-refractivity contribution < 1.29 is 23.2 Å². The lowest BCUT2D eigenvalue weighted by molar-refractivity contribution is -0.384. The van der Waals surface area contributed by atoms with E-state index in [0.717, 1.165) is 11.6 Å². The van der Waals surface area contributed by atoms with Gasteiger partial charge in [-0.1, -0.05) is 23.8 Å².